The Bertz CT molecular complexity index is 412. The molecule has 0 aliphatic carbocycles. The van der Waals surface area contributed by atoms with Gasteiger partial charge in [-0.2, -0.15) is 0 Å². The fourth-order valence-electron chi connectivity index (χ4n) is 2.44. The van der Waals surface area contributed by atoms with Crippen LogP contribution in [0.4, 0.5) is 5.69 Å². The van der Waals surface area contributed by atoms with Gasteiger partial charge in [-0.05, 0) is 54.4 Å². The van der Waals surface area contributed by atoms with E-state index in [9.17, 15) is 0 Å². The highest BCUT2D eigenvalue weighted by Gasteiger charge is 2.23. The van der Waals surface area contributed by atoms with E-state index in [1.807, 2.05) is 6.92 Å². The predicted molar refractivity (Wildman–Crippen MR) is 79.0 cm³/mol. The second kappa shape index (κ2) is 5.59. The minimum absolute atomic E-state index is 0.0675. The van der Waals surface area contributed by atoms with Gasteiger partial charge in [0.05, 0.1) is 17.9 Å². The Balaban J connectivity index is 2.22. The van der Waals surface area contributed by atoms with Gasteiger partial charge in [0.15, 0.2) is 0 Å². The Morgan fingerprint density at radius 2 is 1.94 bits per heavy atom. The normalized spacial score (nSPS) is 26.2. The standard InChI is InChI=1S/C14H21BrN2O/c1-9-7-17(8-10(2)18-9)14-5-4-12(11(3)16)6-13(14)15/h4-6,9-11H,7-8,16H2,1-3H3/t9?,10?,11-/m1/s1. The van der Waals surface area contributed by atoms with Crippen molar-refractivity contribution in [3.8, 4) is 0 Å². The maximum Gasteiger partial charge on any atom is 0.0726 e. The van der Waals surface area contributed by atoms with Crippen LogP contribution in [0.2, 0.25) is 0 Å². The topological polar surface area (TPSA) is 38.5 Å². The quantitative estimate of drug-likeness (QED) is 0.912. The summed E-state index contributed by atoms with van der Waals surface area (Å²) in [5, 5.41) is 0. The first-order chi connectivity index (χ1) is 8.47. The van der Waals surface area contributed by atoms with Crippen LogP contribution >= 0.6 is 15.9 Å². The molecule has 0 saturated carbocycles. The summed E-state index contributed by atoms with van der Waals surface area (Å²) in [5.74, 6) is 0. The van der Waals surface area contributed by atoms with Crippen LogP contribution in [0.15, 0.2) is 22.7 Å². The third-order valence-electron chi connectivity index (χ3n) is 3.26. The minimum Gasteiger partial charge on any atom is -0.372 e. The van der Waals surface area contributed by atoms with E-state index in [2.05, 4.69) is 52.9 Å². The molecule has 3 atom stereocenters. The maximum absolute atomic E-state index is 5.90. The molecule has 0 amide bonds. The molecule has 1 aliphatic heterocycles. The zero-order valence-corrected chi connectivity index (χ0v) is 12.8. The zero-order chi connectivity index (χ0) is 13.3. The fourth-order valence-corrected chi connectivity index (χ4v) is 3.08. The molecular formula is C14H21BrN2O. The van der Waals surface area contributed by atoms with E-state index in [0.29, 0.717) is 0 Å². The van der Waals surface area contributed by atoms with E-state index in [4.69, 9.17) is 10.5 Å². The van der Waals surface area contributed by atoms with Gasteiger partial charge < -0.3 is 15.4 Å². The van der Waals surface area contributed by atoms with Crippen molar-refractivity contribution in [2.45, 2.75) is 39.0 Å². The molecule has 2 unspecified atom stereocenters. The number of anilines is 1. The number of rotatable bonds is 2. The second-order valence-electron chi connectivity index (χ2n) is 5.16. The lowest BCUT2D eigenvalue weighted by Gasteiger charge is -2.37. The van der Waals surface area contributed by atoms with Gasteiger partial charge >= 0.3 is 0 Å². The maximum atomic E-state index is 5.90. The Morgan fingerprint density at radius 3 is 2.44 bits per heavy atom. The van der Waals surface area contributed by atoms with Gasteiger partial charge in [0, 0.05) is 23.6 Å². The van der Waals surface area contributed by atoms with Crippen LogP contribution < -0.4 is 10.6 Å². The summed E-state index contributed by atoms with van der Waals surface area (Å²) in [6.07, 6.45) is 0.544. The summed E-state index contributed by atoms with van der Waals surface area (Å²) >= 11 is 3.65. The second-order valence-corrected chi connectivity index (χ2v) is 6.02. The third-order valence-corrected chi connectivity index (χ3v) is 3.89. The highest BCUT2D eigenvalue weighted by atomic mass is 79.9. The Hall–Kier alpha value is -0.580. The van der Waals surface area contributed by atoms with E-state index < -0.39 is 0 Å². The summed E-state index contributed by atoms with van der Waals surface area (Å²) in [6.45, 7) is 8.10. The molecule has 1 aromatic rings. The van der Waals surface area contributed by atoms with Crippen LogP contribution in [0.3, 0.4) is 0 Å². The molecule has 1 aromatic carbocycles. The highest BCUT2D eigenvalue weighted by molar-refractivity contribution is 9.10. The van der Waals surface area contributed by atoms with Crippen LogP contribution in [0.1, 0.15) is 32.4 Å². The molecule has 0 radical (unpaired) electrons. The van der Waals surface area contributed by atoms with Crippen molar-refractivity contribution < 1.29 is 4.74 Å². The summed E-state index contributed by atoms with van der Waals surface area (Å²) in [7, 11) is 0. The lowest BCUT2D eigenvalue weighted by Crippen LogP contribution is -2.45. The van der Waals surface area contributed by atoms with Gasteiger partial charge in [0.25, 0.3) is 0 Å². The number of nitrogens with two attached hydrogens (primary N) is 1. The lowest BCUT2D eigenvalue weighted by molar-refractivity contribution is -0.00525. The molecule has 1 aliphatic rings. The fraction of sp³-hybridized carbons (Fsp3) is 0.571. The Labute approximate surface area is 117 Å². The highest BCUT2D eigenvalue weighted by Crippen LogP contribution is 2.30. The van der Waals surface area contributed by atoms with Crippen molar-refractivity contribution >= 4 is 21.6 Å². The molecule has 2 rings (SSSR count). The minimum atomic E-state index is 0.0675. The van der Waals surface area contributed by atoms with Gasteiger partial charge in [0.1, 0.15) is 0 Å². The molecule has 0 bridgehead atoms. The number of hydrogen-bond acceptors (Lipinski definition) is 3. The monoisotopic (exact) mass is 312 g/mol. The molecule has 1 saturated heterocycles. The summed E-state index contributed by atoms with van der Waals surface area (Å²) < 4.78 is 6.87. The van der Waals surface area contributed by atoms with Gasteiger partial charge in [-0.3, -0.25) is 0 Å². The first-order valence-corrected chi connectivity index (χ1v) is 7.22. The van der Waals surface area contributed by atoms with E-state index in [1.165, 1.54) is 5.69 Å². The van der Waals surface area contributed by atoms with Crippen molar-refractivity contribution in [2.75, 3.05) is 18.0 Å². The number of ether oxygens (including phenoxy) is 1. The molecule has 100 valence electrons. The predicted octanol–water partition coefficient (Wildman–Crippen LogP) is 3.08. The number of benzene rings is 1. The Morgan fingerprint density at radius 1 is 1.33 bits per heavy atom. The van der Waals surface area contributed by atoms with E-state index in [-0.39, 0.29) is 18.2 Å². The van der Waals surface area contributed by atoms with Crippen LogP contribution in [0.25, 0.3) is 0 Å². The molecule has 1 fully saturated rings. The van der Waals surface area contributed by atoms with Gasteiger partial charge in [-0.15, -0.1) is 0 Å². The van der Waals surface area contributed by atoms with Crippen LogP contribution in [0, 0.1) is 0 Å². The Kier molecular flexibility index (Phi) is 4.30. The molecular weight excluding hydrogens is 292 g/mol. The molecule has 0 aromatic heterocycles. The molecule has 18 heavy (non-hydrogen) atoms. The number of nitrogens with zero attached hydrogens (tertiary/aromatic N) is 1. The summed E-state index contributed by atoms with van der Waals surface area (Å²) in [4.78, 5) is 2.37. The molecule has 2 N–H and O–H groups in total. The number of morpholine rings is 1. The molecule has 1 heterocycles. The van der Waals surface area contributed by atoms with Crippen molar-refractivity contribution in [2.24, 2.45) is 5.73 Å². The third kappa shape index (κ3) is 3.05. The smallest absolute Gasteiger partial charge is 0.0726 e. The van der Waals surface area contributed by atoms with Crippen LogP contribution in [-0.4, -0.2) is 25.3 Å². The number of hydrogen-bond donors (Lipinski definition) is 1. The first kappa shape index (κ1) is 13.8. The summed E-state index contributed by atoms with van der Waals surface area (Å²) in [5.41, 5.74) is 8.28. The van der Waals surface area contributed by atoms with Gasteiger partial charge in [-0.25, -0.2) is 0 Å². The zero-order valence-electron chi connectivity index (χ0n) is 11.2. The SMILES string of the molecule is CC1CN(c2ccc([C@@H](C)N)cc2Br)CC(C)O1. The van der Waals surface area contributed by atoms with E-state index in [0.717, 1.165) is 23.1 Å². The average molecular weight is 313 g/mol. The van der Waals surface area contributed by atoms with Crippen molar-refractivity contribution in [3.05, 3.63) is 28.2 Å². The van der Waals surface area contributed by atoms with E-state index in [1.54, 1.807) is 0 Å². The van der Waals surface area contributed by atoms with Crippen molar-refractivity contribution in [3.63, 3.8) is 0 Å². The molecule has 3 nitrogen and oxygen atoms in total. The van der Waals surface area contributed by atoms with Gasteiger partial charge in [-0.1, -0.05) is 6.07 Å². The first-order valence-electron chi connectivity index (χ1n) is 6.43. The number of halogens is 1. The van der Waals surface area contributed by atoms with Crippen molar-refractivity contribution in [1.82, 2.24) is 0 Å². The largest absolute Gasteiger partial charge is 0.372 e. The van der Waals surface area contributed by atoms with Crippen LogP contribution in [0.5, 0.6) is 0 Å². The summed E-state index contributed by atoms with van der Waals surface area (Å²) in [6, 6.07) is 6.44. The average Bonchev–Trinajstić information content (AvgIpc) is 2.27. The van der Waals surface area contributed by atoms with Gasteiger partial charge in [0.2, 0.25) is 0 Å². The van der Waals surface area contributed by atoms with Crippen LogP contribution in [-0.2, 0) is 4.74 Å². The lowest BCUT2D eigenvalue weighted by atomic mass is 10.1. The van der Waals surface area contributed by atoms with Crippen molar-refractivity contribution in [1.29, 1.82) is 0 Å². The van der Waals surface area contributed by atoms with E-state index >= 15 is 0 Å². The molecule has 0 spiro atoms. The molecule has 4 heteroatoms.